The van der Waals surface area contributed by atoms with Crippen molar-refractivity contribution in [1.82, 2.24) is 10.4 Å². The molecule has 26 heavy (non-hydrogen) atoms. The third kappa shape index (κ3) is 3.98. The molecule has 0 bridgehead atoms. The predicted molar refractivity (Wildman–Crippen MR) is 97.5 cm³/mol. The van der Waals surface area contributed by atoms with Gasteiger partial charge >= 0.3 is 0 Å². The Bertz CT molecular complexity index is 761. The van der Waals surface area contributed by atoms with Crippen molar-refractivity contribution in [1.29, 1.82) is 0 Å². The second-order valence-electron chi connectivity index (χ2n) is 6.39. The Kier molecular flexibility index (Phi) is 5.75. The quantitative estimate of drug-likeness (QED) is 0.637. The van der Waals surface area contributed by atoms with E-state index in [1.54, 1.807) is 24.7 Å². The van der Waals surface area contributed by atoms with Crippen LogP contribution in [0.1, 0.15) is 34.8 Å². The molecule has 138 valence electrons. The fraction of sp³-hybridized carbons (Fsp3) is 0.350. The molecular weight excluding hydrogens is 332 g/mol. The minimum Gasteiger partial charge on any atom is -0.497 e. The van der Waals surface area contributed by atoms with Crippen molar-refractivity contribution >= 4 is 5.91 Å². The summed E-state index contributed by atoms with van der Waals surface area (Å²) in [7, 11) is 1.66. The molecule has 2 N–H and O–H groups in total. The van der Waals surface area contributed by atoms with Gasteiger partial charge in [0.1, 0.15) is 18.1 Å². The maximum Gasteiger partial charge on any atom is 0.274 e. The molecule has 2 aromatic rings. The van der Waals surface area contributed by atoms with E-state index in [2.05, 4.69) is 24.0 Å². The molecule has 6 nitrogen and oxygen atoms in total. The van der Waals surface area contributed by atoms with E-state index in [4.69, 9.17) is 14.7 Å². The molecule has 0 radical (unpaired) electrons. The number of nitrogens with zero attached hydrogens (tertiary/aromatic N) is 1. The van der Waals surface area contributed by atoms with Crippen LogP contribution in [0.5, 0.6) is 11.5 Å². The highest BCUT2D eigenvalue weighted by atomic mass is 16.5. The van der Waals surface area contributed by atoms with Crippen molar-refractivity contribution in [3.05, 3.63) is 59.2 Å². The van der Waals surface area contributed by atoms with Gasteiger partial charge in [-0.1, -0.05) is 25.1 Å². The molecule has 3 rings (SSSR count). The molecule has 0 aromatic heterocycles. The van der Waals surface area contributed by atoms with Crippen LogP contribution in [0.4, 0.5) is 0 Å². The summed E-state index contributed by atoms with van der Waals surface area (Å²) in [5.74, 6) is 1.00. The standard InChI is InChI=1S/C20H24N2O4/c1-3-17-13-26-19-10-15(20(23)21-24)6-7-16(19)12-22(17)11-14-4-8-18(25-2)9-5-14/h4-10,17,24H,3,11-13H2,1-2H3,(H,21,23). The maximum absolute atomic E-state index is 11.6. The van der Waals surface area contributed by atoms with E-state index < -0.39 is 5.91 Å². The lowest BCUT2D eigenvalue weighted by Crippen LogP contribution is -2.36. The second-order valence-corrected chi connectivity index (χ2v) is 6.39. The molecule has 6 heteroatoms. The first-order valence-electron chi connectivity index (χ1n) is 8.71. The van der Waals surface area contributed by atoms with E-state index in [1.165, 1.54) is 5.56 Å². The zero-order valence-electron chi connectivity index (χ0n) is 15.1. The van der Waals surface area contributed by atoms with E-state index in [-0.39, 0.29) is 6.04 Å². The minimum atomic E-state index is -0.539. The Morgan fingerprint density at radius 2 is 2.08 bits per heavy atom. The molecule has 0 aliphatic carbocycles. The number of benzene rings is 2. The number of hydrogen-bond acceptors (Lipinski definition) is 5. The summed E-state index contributed by atoms with van der Waals surface area (Å²) < 4.78 is 11.2. The Balaban J connectivity index is 1.82. The van der Waals surface area contributed by atoms with E-state index >= 15 is 0 Å². The summed E-state index contributed by atoms with van der Waals surface area (Å²) in [6, 6.07) is 13.6. The van der Waals surface area contributed by atoms with Gasteiger partial charge in [0.05, 0.1) is 7.11 Å². The topological polar surface area (TPSA) is 71.0 Å². The summed E-state index contributed by atoms with van der Waals surface area (Å²) in [4.78, 5) is 14.0. The number of hydroxylamine groups is 1. The third-order valence-corrected chi connectivity index (χ3v) is 4.77. The number of methoxy groups -OCH3 is 1. The van der Waals surface area contributed by atoms with Crippen LogP contribution in [-0.4, -0.2) is 35.8 Å². The number of fused-ring (bicyclic) bond motifs is 1. The fourth-order valence-electron chi connectivity index (χ4n) is 3.19. The van der Waals surface area contributed by atoms with Crippen LogP contribution in [0.15, 0.2) is 42.5 Å². The fourth-order valence-corrected chi connectivity index (χ4v) is 3.19. The van der Waals surface area contributed by atoms with Crippen LogP contribution in [0.25, 0.3) is 0 Å². The van der Waals surface area contributed by atoms with Gasteiger partial charge in [-0.25, -0.2) is 5.48 Å². The minimum absolute atomic E-state index is 0.277. The summed E-state index contributed by atoms with van der Waals surface area (Å²) in [6.07, 6.45) is 0.966. The summed E-state index contributed by atoms with van der Waals surface area (Å²) >= 11 is 0. The SMILES string of the molecule is CCC1COc2cc(C(=O)NO)ccc2CN1Cc1ccc(OC)cc1. The molecule has 1 heterocycles. The Labute approximate surface area is 153 Å². The molecule has 1 aliphatic heterocycles. The van der Waals surface area contributed by atoms with E-state index in [1.807, 2.05) is 18.2 Å². The average molecular weight is 356 g/mol. The number of amides is 1. The van der Waals surface area contributed by atoms with Crippen LogP contribution in [0.2, 0.25) is 0 Å². The lowest BCUT2D eigenvalue weighted by molar-refractivity contribution is 0.0706. The number of ether oxygens (including phenoxy) is 2. The highest BCUT2D eigenvalue weighted by Crippen LogP contribution is 2.28. The number of rotatable bonds is 5. The van der Waals surface area contributed by atoms with Gasteiger partial charge in [-0.3, -0.25) is 14.9 Å². The first-order valence-corrected chi connectivity index (χ1v) is 8.71. The Morgan fingerprint density at radius 3 is 2.73 bits per heavy atom. The molecular formula is C20H24N2O4. The van der Waals surface area contributed by atoms with Crippen molar-refractivity contribution in [3.63, 3.8) is 0 Å². The van der Waals surface area contributed by atoms with Gasteiger partial charge in [0.15, 0.2) is 0 Å². The van der Waals surface area contributed by atoms with Gasteiger partial charge in [0, 0.05) is 30.3 Å². The monoisotopic (exact) mass is 356 g/mol. The van der Waals surface area contributed by atoms with Gasteiger partial charge in [-0.2, -0.15) is 0 Å². The number of carbonyl (C=O) groups excluding carboxylic acids is 1. The summed E-state index contributed by atoms with van der Waals surface area (Å²) in [5.41, 5.74) is 4.28. The molecule has 1 aliphatic rings. The molecule has 0 spiro atoms. The molecule has 0 saturated heterocycles. The van der Waals surface area contributed by atoms with Crippen molar-refractivity contribution in [2.45, 2.75) is 32.5 Å². The van der Waals surface area contributed by atoms with Crippen molar-refractivity contribution in [3.8, 4) is 11.5 Å². The lowest BCUT2D eigenvalue weighted by Gasteiger charge is -2.28. The number of hydrogen-bond donors (Lipinski definition) is 2. The molecule has 1 atom stereocenters. The molecule has 2 aromatic carbocycles. The van der Waals surface area contributed by atoms with Crippen molar-refractivity contribution < 1.29 is 19.5 Å². The Morgan fingerprint density at radius 1 is 1.31 bits per heavy atom. The van der Waals surface area contributed by atoms with Gasteiger partial charge in [-0.15, -0.1) is 0 Å². The Hall–Kier alpha value is -2.57. The van der Waals surface area contributed by atoms with Crippen LogP contribution in [0.3, 0.4) is 0 Å². The number of nitrogens with one attached hydrogen (secondary N) is 1. The molecule has 1 amide bonds. The molecule has 1 unspecified atom stereocenters. The zero-order chi connectivity index (χ0) is 18.5. The van der Waals surface area contributed by atoms with Crippen LogP contribution in [-0.2, 0) is 13.1 Å². The van der Waals surface area contributed by atoms with E-state index in [0.717, 1.165) is 30.8 Å². The van der Waals surface area contributed by atoms with Gasteiger partial charge < -0.3 is 9.47 Å². The van der Waals surface area contributed by atoms with Crippen molar-refractivity contribution in [2.75, 3.05) is 13.7 Å². The lowest BCUT2D eigenvalue weighted by atomic mass is 10.1. The third-order valence-electron chi connectivity index (χ3n) is 4.77. The summed E-state index contributed by atoms with van der Waals surface area (Å²) in [5, 5.41) is 8.81. The second kappa shape index (κ2) is 8.21. The zero-order valence-corrected chi connectivity index (χ0v) is 15.1. The van der Waals surface area contributed by atoms with Gasteiger partial charge in [0.25, 0.3) is 5.91 Å². The van der Waals surface area contributed by atoms with Crippen molar-refractivity contribution in [2.24, 2.45) is 0 Å². The average Bonchev–Trinajstić information content (AvgIpc) is 2.86. The smallest absolute Gasteiger partial charge is 0.274 e. The predicted octanol–water partition coefficient (Wildman–Crippen LogP) is 2.99. The van der Waals surface area contributed by atoms with E-state index in [9.17, 15) is 4.79 Å². The maximum atomic E-state index is 11.6. The first kappa shape index (κ1) is 18.2. The highest BCUT2D eigenvalue weighted by molar-refractivity contribution is 5.93. The number of carbonyl (C=O) groups is 1. The van der Waals surface area contributed by atoms with Gasteiger partial charge in [0.2, 0.25) is 0 Å². The highest BCUT2D eigenvalue weighted by Gasteiger charge is 2.24. The van der Waals surface area contributed by atoms with Crippen LogP contribution in [0, 0.1) is 0 Å². The largest absolute Gasteiger partial charge is 0.497 e. The van der Waals surface area contributed by atoms with E-state index in [0.29, 0.717) is 17.9 Å². The summed E-state index contributed by atoms with van der Waals surface area (Å²) in [6.45, 7) is 4.25. The van der Waals surface area contributed by atoms with Gasteiger partial charge in [-0.05, 0) is 36.2 Å². The molecule has 0 saturated carbocycles. The molecule has 0 fully saturated rings. The van der Waals surface area contributed by atoms with Crippen LogP contribution < -0.4 is 15.0 Å². The normalized spacial score (nSPS) is 17.0. The van der Waals surface area contributed by atoms with Crippen LogP contribution >= 0.6 is 0 Å². The first-order chi connectivity index (χ1) is 12.6.